The van der Waals surface area contributed by atoms with Gasteiger partial charge in [0.1, 0.15) is 0 Å². The molecule has 0 bridgehead atoms. The Labute approximate surface area is 71.6 Å². The molecule has 1 nitrogen and oxygen atoms in total. The molecule has 2 rings (SSSR count). The molecule has 5 radical (unpaired) electrons. The molecule has 0 heterocycles. The van der Waals surface area contributed by atoms with E-state index in [1.54, 1.807) is 0 Å². The van der Waals surface area contributed by atoms with Gasteiger partial charge >= 0.3 is 0 Å². The quantitative estimate of drug-likeness (QED) is 0.611. The molecule has 0 N–H and O–H groups in total. The fraction of sp³-hybridized carbons (Fsp3) is 0. The Hall–Kier alpha value is -0.646. The van der Waals surface area contributed by atoms with Gasteiger partial charge in [-0.2, -0.15) is 0 Å². The number of hydrogen-bond acceptors (Lipinski definition) is 1. The van der Waals surface area contributed by atoms with Crippen LogP contribution < -0.4 is 0 Å². The molecular weight excluding hydrogens is 168 g/mol. The summed E-state index contributed by atoms with van der Waals surface area (Å²) in [6.45, 7) is 0. The molecule has 0 saturated heterocycles. The predicted octanol–water partition coefficient (Wildman–Crippen LogP) is 1.22. The molecule has 0 unspecified atom stereocenters. The SMILES string of the molecule is [Si]O[Si]C1=Cc2ccccc21. The smallest absolute Gasteiger partial charge is 0.257 e. The minimum absolute atomic E-state index is 0.417. The second-order valence-electron chi connectivity index (χ2n) is 2.35. The number of fused-ring (bicyclic) bond motifs is 1. The molecule has 0 atom stereocenters. The molecule has 0 fully saturated rings. The lowest BCUT2D eigenvalue weighted by molar-refractivity contribution is 0.677. The zero-order valence-electron chi connectivity index (χ0n) is 5.79. The Balaban J connectivity index is 2.24. The van der Waals surface area contributed by atoms with Gasteiger partial charge < -0.3 is 4.12 Å². The van der Waals surface area contributed by atoms with Crippen molar-refractivity contribution in [3.63, 3.8) is 0 Å². The normalized spacial score (nSPS) is 13.4. The van der Waals surface area contributed by atoms with Crippen LogP contribution in [0.1, 0.15) is 11.1 Å². The van der Waals surface area contributed by atoms with Gasteiger partial charge in [-0.1, -0.05) is 30.3 Å². The lowest BCUT2D eigenvalue weighted by Crippen LogP contribution is -2.07. The predicted molar refractivity (Wildman–Crippen MR) is 46.9 cm³/mol. The van der Waals surface area contributed by atoms with Crippen molar-refractivity contribution in [3.05, 3.63) is 35.4 Å². The minimum Gasteiger partial charge on any atom is -0.454 e. The van der Waals surface area contributed by atoms with Crippen molar-refractivity contribution in [1.29, 1.82) is 0 Å². The summed E-state index contributed by atoms with van der Waals surface area (Å²) in [7, 11) is 3.41. The standard InChI is InChI=1S/C8H5OSi2/c10-9-11-8-5-6-3-1-2-4-7(6)8/h1-5H. The van der Waals surface area contributed by atoms with Gasteiger partial charge in [0.2, 0.25) is 10.5 Å². The molecular formula is C8H5OSi2. The van der Waals surface area contributed by atoms with Gasteiger partial charge in [-0.15, -0.1) is 0 Å². The van der Waals surface area contributed by atoms with E-state index in [0.29, 0.717) is 9.76 Å². The van der Waals surface area contributed by atoms with E-state index < -0.39 is 0 Å². The number of benzene rings is 1. The molecule has 1 aromatic rings. The third kappa shape index (κ3) is 1.11. The Morgan fingerprint density at radius 3 is 2.82 bits per heavy atom. The molecule has 1 aromatic carbocycles. The van der Waals surface area contributed by atoms with Crippen LogP contribution in [0, 0.1) is 0 Å². The van der Waals surface area contributed by atoms with Gasteiger partial charge in [-0.25, -0.2) is 0 Å². The molecule has 0 saturated carbocycles. The van der Waals surface area contributed by atoms with Crippen LogP contribution in [-0.4, -0.2) is 20.2 Å². The Morgan fingerprint density at radius 2 is 2.09 bits per heavy atom. The Kier molecular flexibility index (Phi) is 1.77. The number of hydrogen-bond donors (Lipinski definition) is 0. The molecule has 3 heteroatoms. The van der Waals surface area contributed by atoms with Crippen LogP contribution in [0.4, 0.5) is 0 Å². The lowest BCUT2D eigenvalue weighted by Gasteiger charge is -2.17. The van der Waals surface area contributed by atoms with Crippen LogP contribution in [0.15, 0.2) is 24.3 Å². The van der Waals surface area contributed by atoms with Gasteiger partial charge in [-0.05, 0) is 16.3 Å². The summed E-state index contributed by atoms with van der Waals surface area (Å²) >= 11 is 0. The highest BCUT2D eigenvalue weighted by Gasteiger charge is 2.15. The summed E-state index contributed by atoms with van der Waals surface area (Å²) in [5.41, 5.74) is 2.64. The van der Waals surface area contributed by atoms with Crippen molar-refractivity contribution < 1.29 is 4.12 Å². The van der Waals surface area contributed by atoms with E-state index in [-0.39, 0.29) is 0 Å². The molecule has 11 heavy (non-hydrogen) atoms. The van der Waals surface area contributed by atoms with Gasteiger partial charge in [0, 0.05) is 0 Å². The van der Waals surface area contributed by atoms with Gasteiger partial charge in [0.15, 0.2) is 0 Å². The van der Waals surface area contributed by atoms with E-state index in [0.717, 1.165) is 0 Å². The van der Waals surface area contributed by atoms with Crippen molar-refractivity contribution in [1.82, 2.24) is 0 Å². The highest BCUT2D eigenvalue weighted by atomic mass is 28.3. The summed E-state index contributed by atoms with van der Waals surface area (Å²) in [6.07, 6.45) is 2.15. The van der Waals surface area contributed by atoms with Crippen molar-refractivity contribution in [2.45, 2.75) is 0 Å². The zero-order valence-corrected chi connectivity index (χ0v) is 7.79. The maximum atomic E-state index is 4.87. The average molecular weight is 173 g/mol. The molecule has 1 aliphatic carbocycles. The Bertz CT molecular complexity index is 307. The molecule has 0 aliphatic heterocycles. The average Bonchev–Trinajstić information content (AvgIpc) is 2.01. The first-order valence-electron chi connectivity index (χ1n) is 3.31. The van der Waals surface area contributed by atoms with Gasteiger partial charge in [-0.3, -0.25) is 0 Å². The van der Waals surface area contributed by atoms with Crippen molar-refractivity contribution in [3.8, 4) is 0 Å². The van der Waals surface area contributed by atoms with Crippen molar-refractivity contribution >= 4 is 31.5 Å². The van der Waals surface area contributed by atoms with Crippen LogP contribution in [0.25, 0.3) is 11.3 Å². The van der Waals surface area contributed by atoms with E-state index in [1.807, 2.05) is 12.1 Å². The maximum absolute atomic E-state index is 4.87. The molecule has 1 aliphatic rings. The van der Waals surface area contributed by atoms with E-state index in [1.165, 1.54) is 16.3 Å². The van der Waals surface area contributed by atoms with E-state index >= 15 is 0 Å². The highest BCUT2D eigenvalue weighted by molar-refractivity contribution is 6.62. The second kappa shape index (κ2) is 2.77. The van der Waals surface area contributed by atoms with Crippen molar-refractivity contribution in [2.24, 2.45) is 0 Å². The molecule has 51 valence electrons. The topological polar surface area (TPSA) is 9.23 Å². The van der Waals surface area contributed by atoms with Crippen LogP contribution in [0.3, 0.4) is 0 Å². The van der Waals surface area contributed by atoms with Crippen molar-refractivity contribution in [2.75, 3.05) is 0 Å². The third-order valence-electron chi connectivity index (χ3n) is 1.71. The van der Waals surface area contributed by atoms with Crippen LogP contribution >= 0.6 is 0 Å². The van der Waals surface area contributed by atoms with Crippen LogP contribution in [-0.2, 0) is 4.12 Å². The fourth-order valence-electron chi connectivity index (χ4n) is 1.16. The van der Waals surface area contributed by atoms with E-state index in [2.05, 4.69) is 28.7 Å². The Morgan fingerprint density at radius 1 is 1.27 bits per heavy atom. The highest BCUT2D eigenvalue weighted by Crippen LogP contribution is 2.30. The molecule has 0 spiro atoms. The summed E-state index contributed by atoms with van der Waals surface area (Å²) in [5.74, 6) is 0. The zero-order chi connectivity index (χ0) is 7.68. The third-order valence-corrected chi connectivity index (χ3v) is 2.75. The first-order valence-corrected chi connectivity index (χ1v) is 4.63. The first-order chi connectivity index (χ1) is 5.42. The second-order valence-corrected chi connectivity index (χ2v) is 3.91. The first kappa shape index (κ1) is 7.03. The largest absolute Gasteiger partial charge is 0.454 e. The van der Waals surface area contributed by atoms with Crippen LogP contribution in [0.5, 0.6) is 0 Å². The summed E-state index contributed by atoms with van der Waals surface area (Å²) in [5, 5.41) is 1.29. The fourth-order valence-corrected chi connectivity index (χ4v) is 2.15. The van der Waals surface area contributed by atoms with Gasteiger partial charge in [0.05, 0.1) is 0 Å². The minimum atomic E-state index is 0.417. The molecule has 0 amide bonds. The van der Waals surface area contributed by atoms with Gasteiger partial charge in [0.25, 0.3) is 9.76 Å². The van der Waals surface area contributed by atoms with E-state index in [4.69, 9.17) is 4.12 Å². The molecule has 0 aromatic heterocycles. The maximum Gasteiger partial charge on any atom is 0.257 e. The summed E-state index contributed by atoms with van der Waals surface area (Å²) in [4.78, 5) is 0. The van der Waals surface area contributed by atoms with Crippen LogP contribution in [0.2, 0.25) is 0 Å². The van der Waals surface area contributed by atoms with E-state index in [9.17, 15) is 0 Å². The lowest BCUT2D eigenvalue weighted by atomic mass is 9.98. The summed E-state index contributed by atoms with van der Waals surface area (Å²) in [6, 6.07) is 8.31. The summed E-state index contributed by atoms with van der Waals surface area (Å²) < 4.78 is 4.87. The number of rotatable bonds is 2. The monoisotopic (exact) mass is 173 g/mol.